The first-order valence-electron chi connectivity index (χ1n) is 8.98. The van der Waals surface area contributed by atoms with Crippen molar-refractivity contribution in [3.63, 3.8) is 0 Å². The maximum absolute atomic E-state index is 11.2. The normalized spacial score (nSPS) is 17.7. The Morgan fingerprint density at radius 1 is 0.692 bits per heavy atom. The number of hydrogen-bond donors (Lipinski definition) is 4. The Morgan fingerprint density at radius 3 is 1.27 bits per heavy atom. The van der Waals surface area contributed by atoms with Crippen molar-refractivity contribution in [3.8, 4) is 0 Å². The van der Waals surface area contributed by atoms with Gasteiger partial charge in [-0.2, -0.15) is 0 Å². The van der Waals surface area contributed by atoms with Crippen molar-refractivity contribution in [1.82, 2.24) is 0 Å². The summed E-state index contributed by atoms with van der Waals surface area (Å²) in [6.45, 7) is 10.2. The molecule has 2 atom stereocenters. The molecule has 0 aliphatic carbocycles. The largest absolute Gasteiger partial charge is 0.379 e. The minimum atomic E-state index is -3.45. The van der Waals surface area contributed by atoms with E-state index >= 15 is 0 Å². The fourth-order valence-electron chi connectivity index (χ4n) is 2.19. The molecule has 0 aromatic heterocycles. The summed E-state index contributed by atoms with van der Waals surface area (Å²) in [6, 6.07) is 0. The Bertz CT molecular complexity index is 443. The molecule has 158 valence electrons. The van der Waals surface area contributed by atoms with E-state index in [0.717, 1.165) is 12.8 Å². The van der Waals surface area contributed by atoms with Crippen LogP contribution in [0.3, 0.4) is 0 Å². The first-order valence-corrected chi connectivity index (χ1v) is 12.8. The highest BCUT2D eigenvalue weighted by atomic mass is 31.2. The monoisotopic (exact) mass is 416 g/mol. The highest BCUT2D eigenvalue weighted by molar-refractivity contribution is 7.55. The van der Waals surface area contributed by atoms with Crippen LogP contribution in [0.15, 0.2) is 0 Å². The lowest BCUT2D eigenvalue weighted by atomic mass is 9.87. The molecular weight excluding hydrogens is 378 g/mol. The molecule has 0 radical (unpaired) electrons. The maximum Gasteiger partial charge on any atom is 0.264 e. The summed E-state index contributed by atoms with van der Waals surface area (Å²) in [5.74, 6) is 0. The molecule has 0 aromatic rings. The van der Waals surface area contributed by atoms with Gasteiger partial charge < -0.3 is 19.3 Å². The van der Waals surface area contributed by atoms with Crippen molar-refractivity contribution in [2.75, 3.05) is 38.8 Å². The zero-order valence-electron chi connectivity index (χ0n) is 16.6. The third kappa shape index (κ3) is 17.6. The van der Waals surface area contributed by atoms with E-state index in [0.29, 0.717) is 39.3 Å². The second-order valence-corrected chi connectivity index (χ2v) is 12.4. The second-order valence-electron chi connectivity index (χ2n) is 8.51. The van der Waals surface area contributed by atoms with Gasteiger partial charge in [-0.1, -0.05) is 27.7 Å². The van der Waals surface area contributed by atoms with Crippen molar-refractivity contribution in [2.24, 2.45) is 21.8 Å². The fourth-order valence-corrected chi connectivity index (χ4v) is 4.05. The molecule has 2 unspecified atom stereocenters. The SMILES string of the molecule is CC(C)(CCOCCOCCC(C)(C)CCP(N)(=O)O)CCP(N)(=O)O. The van der Waals surface area contributed by atoms with Gasteiger partial charge in [0.25, 0.3) is 15.0 Å². The first-order chi connectivity index (χ1) is 11.6. The number of hydrogen-bond acceptors (Lipinski definition) is 4. The van der Waals surface area contributed by atoms with Gasteiger partial charge in [0.2, 0.25) is 0 Å². The molecule has 0 aliphatic rings. The lowest BCUT2D eigenvalue weighted by Crippen LogP contribution is -2.19. The molecule has 0 fully saturated rings. The summed E-state index contributed by atoms with van der Waals surface area (Å²) in [5.41, 5.74) is 10.1. The third-order valence-electron chi connectivity index (χ3n) is 4.44. The van der Waals surface area contributed by atoms with Gasteiger partial charge in [-0.3, -0.25) is 20.1 Å². The van der Waals surface area contributed by atoms with Crippen molar-refractivity contribution < 1.29 is 28.4 Å². The molecule has 6 N–H and O–H groups in total. The summed E-state index contributed by atoms with van der Waals surface area (Å²) in [4.78, 5) is 18.3. The van der Waals surface area contributed by atoms with Gasteiger partial charge >= 0.3 is 0 Å². The highest BCUT2D eigenvalue weighted by Gasteiger charge is 2.23. The van der Waals surface area contributed by atoms with Crippen molar-refractivity contribution in [1.29, 1.82) is 0 Å². The Labute approximate surface area is 158 Å². The summed E-state index contributed by atoms with van der Waals surface area (Å²) < 4.78 is 33.4. The van der Waals surface area contributed by atoms with Gasteiger partial charge in [0.15, 0.2) is 0 Å². The van der Waals surface area contributed by atoms with Crippen LogP contribution in [0.4, 0.5) is 0 Å². The van der Waals surface area contributed by atoms with Gasteiger partial charge in [-0.05, 0) is 36.5 Å². The quantitative estimate of drug-likeness (QED) is 0.235. The Balaban J connectivity index is 3.72. The molecule has 26 heavy (non-hydrogen) atoms. The van der Waals surface area contributed by atoms with Crippen LogP contribution in [0.1, 0.15) is 53.4 Å². The molecule has 0 aromatic carbocycles. The van der Waals surface area contributed by atoms with Crippen LogP contribution in [0.5, 0.6) is 0 Å². The molecule has 0 bridgehead atoms. The minimum Gasteiger partial charge on any atom is -0.379 e. The van der Waals surface area contributed by atoms with E-state index in [-0.39, 0.29) is 23.2 Å². The summed E-state index contributed by atoms with van der Waals surface area (Å²) in [7, 11) is -6.89. The summed E-state index contributed by atoms with van der Waals surface area (Å²) in [5, 5.41) is 0. The van der Waals surface area contributed by atoms with Gasteiger partial charge in [-0.25, -0.2) is 0 Å². The Hall–Kier alpha value is 0.220. The molecule has 8 nitrogen and oxygen atoms in total. The van der Waals surface area contributed by atoms with Crippen LogP contribution >= 0.6 is 15.0 Å². The van der Waals surface area contributed by atoms with Crippen LogP contribution in [0.2, 0.25) is 0 Å². The van der Waals surface area contributed by atoms with E-state index in [9.17, 15) is 9.13 Å². The smallest absolute Gasteiger partial charge is 0.264 e. The lowest BCUT2D eigenvalue weighted by molar-refractivity contribution is 0.0283. The third-order valence-corrected chi connectivity index (χ3v) is 6.17. The van der Waals surface area contributed by atoms with E-state index < -0.39 is 15.0 Å². The van der Waals surface area contributed by atoms with Crippen LogP contribution in [-0.4, -0.2) is 48.5 Å². The second kappa shape index (κ2) is 11.3. The van der Waals surface area contributed by atoms with Gasteiger partial charge in [0.05, 0.1) is 13.2 Å². The topological polar surface area (TPSA) is 145 Å². The molecule has 0 heterocycles. The van der Waals surface area contributed by atoms with Crippen LogP contribution in [0.25, 0.3) is 0 Å². The van der Waals surface area contributed by atoms with E-state index in [1.165, 1.54) is 0 Å². The van der Waals surface area contributed by atoms with E-state index in [1.54, 1.807) is 0 Å². The number of rotatable bonds is 15. The van der Waals surface area contributed by atoms with Gasteiger partial charge in [-0.15, -0.1) is 0 Å². The number of ether oxygens (including phenoxy) is 2. The Kier molecular flexibility index (Phi) is 11.4. The van der Waals surface area contributed by atoms with Crippen LogP contribution in [-0.2, 0) is 18.6 Å². The van der Waals surface area contributed by atoms with Crippen molar-refractivity contribution in [2.45, 2.75) is 53.4 Å². The first kappa shape index (κ1) is 26.2. The molecule has 0 saturated heterocycles. The van der Waals surface area contributed by atoms with Crippen LogP contribution in [0, 0.1) is 10.8 Å². The molecule has 0 spiro atoms. The maximum atomic E-state index is 11.2. The fraction of sp³-hybridized carbons (Fsp3) is 1.00. The average molecular weight is 416 g/mol. The average Bonchev–Trinajstić information content (AvgIpc) is 2.45. The lowest BCUT2D eigenvalue weighted by Gasteiger charge is -2.25. The minimum absolute atomic E-state index is 0.0994. The van der Waals surface area contributed by atoms with E-state index in [2.05, 4.69) is 0 Å². The van der Waals surface area contributed by atoms with Gasteiger partial charge in [0, 0.05) is 25.5 Å². The molecule has 0 rings (SSSR count). The molecule has 0 saturated carbocycles. The predicted octanol–water partition coefficient (Wildman–Crippen LogP) is 2.92. The van der Waals surface area contributed by atoms with Crippen LogP contribution < -0.4 is 11.0 Å². The van der Waals surface area contributed by atoms with E-state index in [4.69, 9.17) is 30.3 Å². The molecule has 0 aliphatic heterocycles. The standard InChI is InChI=1S/C16H38N2O6P2/c1-15(2,7-13-25(17,19)20)5-9-23-11-12-24-10-6-16(3,4)8-14-26(18,21)22/h5-14H2,1-4H3,(H3,17,19,20)(H3,18,21,22). The predicted molar refractivity (Wildman–Crippen MR) is 105 cm³/mol. The van der Waals surface area contributed by atoms with Crippen molar-refractivity contribution in [3.05, 3.63) is 0 Å². The molecular formula is C16H38N2O6P2. The summed E-state index contributed by atoms with van der Waals surface area (Å²) in [6.07, 6.45) is 2.95. The zero-order valence-corrected chi connectivity index (χ0v) is 18.4. The van der Waals surface area contributed by atoms with Gasteiger partial charge in [0.1, 0.15) is 0 Å². The molecule has 0 amide bonds. The van der Waals surface area contributed by atoms with Crippen molar-refractivity contribution >= 4 is 15.0 Å². The van der Waals surface area contributed by atoms with E-state index in [1.807, 2.05) is 27.7 Å². The Morgan fingerprint density at radius 2 is 1.00 bits per heavy atom. The summed E-state index contributed by atoms with van der Waals surface area (Å²) >= 11 is 0. The zero-order chi connectivity index (χ0) is 20.5. The molecule has 10 heteroatoms. The highest BCUT2D eigenvalue weighted by Crippen LogP contribution is 2.37. The number of nitrogens with two attached hydrogens (primary N) is 2.